The summed E-state index contributed by atoms with van der Waals surface area (Å²) < 4.78 is 28.8. The Kier molecular flexibility index (Phi) is 10.6. The maximum absolute atomic E-state index is 14.2. The zero-order chi connectivity index (χ0) is 35.0. The Bertz CT molecular complexity index is 1680. The minimum Gasteiger partial charge on any atom is -0.508 e. The smallest absolute Gasteiger partial charge is 0.239 e. The highest BCUT2D eigenvalue weighted by molar-refractivity contribution is 5.91. The zero-order valence-corrected chi connectivity index (χ0v) is 25.8. The summed E-state index contributed by atoms with van der Waals surface area (Å²) in [5.74, 6) is -1.88. The van der Waals surface area contributed by atoms with Crippen molar-refractivity contribution in [1.29, 1.82) is 0 Å². The third-order valence-electron chi connectivity index (χ3n) is 8.18. The molecule has 0 saturated carbocycles. The lowest BCUT2D eigenvalue weighted by molar-refractivity contribution is -0.277. The number of hydrogen-bond acceptors (Lipinski definition) is 16. The van der Waals surface area contributed by atoms with Gasteiger partial charge in [0.15, 0.2) is 5.76 Å². The van der Waals surface area contributed by atoms with E-state index in [4.69, 9.17) is 23.4 Å². The highest BCUT2D eigenvalue weighted by atomic mass is 16.7. The van der Waals surface area contributed by atoms with Gasteiger partial charge in [0.25, 0.3) is 0 Å². The SMILES string of the molecule is CC(C)=CCc1c(O[C@@H]2OC(CO)[C@@H](O)[C@H](O)C2O)cc(O)c2c(=O)c(O[C@@H]3OC(CO)[C@@H](O)C(O)C3O)c(-c3ccc(O)cc3)oc12. The second-order valence-corrected chi connectivity index (χ2v) is 11.8. The monoisotopic (exact) mass is 678 g/mol. The molecule has 1 aromatic heterocycles. The second-order valence-electron chi connectivity index (χ2n) is 11.8. The van der Waals surface area contributed by atoms with Gasteiger partial charge in [0, 0.05) is 17.2 Å². The van der Waals surface area contributed by atoms with E-state index in [9.17, 15) is 55.9 Å². The molecule has 48 heavy (non-hydrogen) atoms. The van der Waals surface area contributed by atoms with E-state index < -0.39 is 96.9 Å². The van der Waals surface area contributed by atoms with Crippen LogP contribution in [0.3, 0.4) is 0 Å². The summed E-state index contributed by atoms with van der Waals surface area (Å²) >= 11 is 0. The average Bonchev–Trinajstić information content (AvgIpc) is 3.05. The summed E-state index contributed by atoms with van der Waals surface area (Å²) in [5.41, 5.74) is -0.0524. The van der Waals surface area contributed by atoms with Crippen LogP contribution in [0.1, 0.15) is 19.4 Å². The summed E-state index contributed by atoms with van der Waals surface area (Å²) in [6.45, 7) is 2.10. The summed E-state index contributed by atoms with van der Waals surface area (Å²) in [5, 5.41) is 102. The van der Waals surface area contributed by atoms with Gasteiger partial charge in [-0.2, -0.15) is 0 Å². The highest BCUT2D eigenvalue weighted by Crippen LogP contribution is 2.41. The van der Waals surface area contributed by atoms with Gasteiger partial charge in [0.2, 0.25) is 23.8 Å². The molecule has 2 aliphatic heterocycles. The molecule has 5 rings (SSSR count). The van der Waals surface area contributed by atoms with E-state index in [-0.39, 0.29) is 40.4 Å². The maximum atomic E-state index is 14.2. The van der Waals surface area contributed by atoms with E-state index in [1.165, 1.54) is 24.3 Å². The number of ether oxygens (including phenoxy) is 4. The van der Waals surface area contributed by atoms with E-state index in [1.807, 2.05) is 0 Å². The molecule has 3 aromatic rings. The molecule has 2 saturated heterocycles. The molecule has 2 aliphatic rings. The number of allylic oxidation sites excluding steroid dienone is 2. The lowest BCUT2D eigenvalue weighted by atomic mass is 9.99. The number of rotatable bonds is 9. The molecule has 0 amide bonds. The first-order chi connectivity index (χ1) is 22.8. The molecule has 2 fully saturated rings. The van der Waals surface area contributed by atoms with E-state index >= 15 is 0 Å². The molecule has 10 atom stereocenters. The fourth-order valence-electron chi connectivity index (χ4n) is 5.44. The van der Waals surface area contributed by atoms with Crippen LogP contribution in [-0.2, 0) is 15.9 Å². The lowest BCUT2D eigenvalue weighted by Gasteiger charge is -2.39. The minimum atomic E-state index is -1.90. The van der Waals surface area contributed by atoms with Crippen molar-refractivity contribution < 1.29 is 74.4 Å². The van der Waals surface area contributed by atoms with Crippen LogP contribution >= 0.6 is 0 Å². The normalized spacial score (nSPS) is 30.6. The molecule has 3 heterocycles. The van der Waals surface area contributed by atoms with Crippen molar-refractivity contribution in [3.8, 4) is 34.3 Å². The van der Waals surface area contributed by atoms with Crippen molar-refractivity contribution in [2.75, 3.05) is 13.2 Å². The minimum absolute atomic E-state index is 0.0245. The Morgan fingerprint density at radius 3 is 1.85 bits per heavy atom. The number of aliphatic hydroxyl groups is 8. The lowest BCUT2D eigenvalue weighted by Crippen LogP contribution is -2.60. The van der Waals surface area contributed by atoms with Crippen LogP contribution in [0.15, 0.2) is 51.2 Å². The van der Waals surface area contributed by atoms with Crippen molar-refractivity contribution in [2.45, 2.75) is 81.7 Å². The number of aliphatic hydroxyl groups excluding tert-OH is 8. The third kappa shape index (κ3) is 6.72. The molecule has 0 bridgehead atoms. The molecule has 5 unspecified atom stereocenters. The molecule has 16 heteroatoms. The van der Waals surface area contributed by atoms with Crippen LogP contribution in [-0.4, -0.2) is 126 Å². The molecule has 0 radical (unpaired) electrons. The second kappa shape index (κ2) is 14.4. The van der Waals surface area contributed by atoms with Crippen molar-refractivity contribution in [1.82, 2.24) is 0 Å². The molecule has 262 valence electrons. The summed E-state index contributed by atoms with van der Waals surface area (Å²) in [6.07, 6.45) is -15.0. The van der Waals surface area contributed by atoms with Gasteiger partial charge >= 0.3 is 0 Å². The molecular weight excluding hydrogens is 640 g/mol. The van der Waals surface area contributed by atoms with Crippen LogP contribution in [0.5, 0.6) is 23.0 Å². The molecule has 2 aromatic carbocycles. The first-order valence-corrected chi connectivity index (χ1v) is 15.0. The fourth-order valence-corrected chi connectivity index (χ4v) is 5.44. The van der Waals surface area contributed by atoms with E-state index in [1.54, 1.807) is 19.9 Å². The van der Waals surface area contributed by atoms with Gasteiger partial charge < -0.3 is 74.4 Å². The molecule has 10 N–H and O–H groups in total. The van der Waals surface area contributed by atoms with Crippen LogP contribution in [0.2, 0.25) is 0 Å². The molecular formula is C32H38O16. The Hall–Kier alpha value is -3.81. The van der Waals surface area contributed by atoms with Gasteiger partial charge in [0.05, 0.1) is 13.2 Å². The van der Waals surface area contributed by atoms with Crippen LogP contribution in [0, 0.1) is 0 Å². The summed E-state index contributed by atoms with van der Waals surface area (Å²) in [7, 11) is 0. The quantitative estimate of drug-likeness (QED) is 0.118. The predicted octanol–water partition coefficient (Wildman–Crippen LogP) is -1.26. The first-order valence-electron chi connectivity index (χ1n) is 15.0. The van der Waals surface area contributed by atoms with Crippen molar-refractivity contribution in [3.63, 3.8) is 0 Å². The number of benzene rings is 2. The van der Waals surface area contributed by atoms with Gasteiger partial charge in [0.1, 0.15) is 77.0 Å². The van der Waals surface area contributed by atoms with Gasteiger partial charge in [-0.05, 0) is 44.5 Å². The van der Waals surface area contributed by atoms with E-state index in [2.05, 4.69) is 0 Å². The van der Waals surface area contributed by atoms with Gasteiger partial charge in [-0.25, -0.2) is 0 Å². The van der Waals surface area contributed by atoms with Crippen LogP contribution < -0.4 is 14.9 Å². The standard InChI is InChI=1S/C32H38O16/c1-12(2)3-8-15-17(44-31-26(42)24(40)21(37)18(10-33)45-31)9-16(36)20-23(39)30(28(47-29(15)20)13-4-6-14(35)7-5-13)48-32-27(43)25(41)22(38)19(11-34)46-32/h3-7,9,18-19,21-22,24-27,31-38,40-43H,8,10-11H2,1-2H3/t18?,19?,21-,22-,24+,25?,26?,27?,31-,32+/m1/s1. The van der Waals surface area contributed by atoms with Gasteiger partial charge in [-0.3, -0.25) is 4.79 Å². The Morgan fingerprint density at radius 2 is 1.33 bits per heavy atom. The van der Waals surface area contributed by atoms with Crippen molar-refractivity contribution in [2.24, 2.45) is 0 Å². The molecule has 0 spiro atoms. The molecule has 0 aliphatic carbocycles. The number of fused-ring (bicyclic) bond motifs is 1. The van der Waals surface area contributed by atoms with Crippen molar-refractivity contribution >= 4 is 11.0 Å². The maximum Gasteiger partial charge on any atom is 0.239 e. The van der Waals surface area contributed by atoms with Crippen molar-refractivity contribution in [3.05, 3.63) is 57.8 Å². The summed E-state index contributed by atoms with van der Waals surface area (Å²) in [4.78, 5) is 14.2. The van der Waals surface area contributed by atoms with E-state index in [0.717, 1.165) is 11.6 Å². The highest BCUT2D eigenvalue weighted by Gasteiger charge is 2.46. The number of hydrogen-bond donors (Lipinski definition) is 10. The van der Waals surface area contributed by atoms with Crippen LogP contribution in [0.4, 0.5) is 0 Å². The Labute approximate surface area is 272 Å². The number of phenols is 2. The summed E-state index contributed by atoms with van der Waals surface area (Å²) in [6, 6.07) is 6.37. The fraction of sp³-hybridized carbons (Fsp3) is 0.469. The average molecular weight is 679 g/mol. The van der Waals surface area contributed by atoms with Gasteiger partial charge in [-0.15, -0.1) is 0 Å². The van der Waals surface area contributed by atoms with Gasteiger partial charge in [-0.1, -0.05) is 11.6 Å². The Morgan fingerprint density at radius 1 is 0.792 bits per heavy atom. The first kappa shape index (κ1) is 35.5. The Balaban J connectivity index is 1.71. The van der Waals surface area contributed by atoms with E-state index in [0.29, 0.717) is 0 Å². The van der Waals surface area contributed by atoms with Crippen LogP contribution in [0.25, 0.3) is 22.3 Å². The molecule has 16 nitrogen and oxygen atoms in total. The largest absolute Gasteiger partial charge is 0.508 e. The zero-order valence-electron chi connectivity index (χ0n) is 25.8. The third-order valence-corrected chi connectivity index (χ3v) is 8.18. The predicted molar refractivity (Wildman–Crippen MR) is 163 cm³/mol. The number of phenolic OH excluding ortho intramolecular Hbond substituents is 2. The topological polar surface area (TPSA) is 269 Å². The number of aromatic hydroxyl groups is 2.